The Labute approximate surface area is 151 Å². The molecule has 0 unspecified atom stereocenters. The molecule has 2 aromatic carbocycles. The summed E-state index contributed by atoms with van der Waals surface area (Å²) in [6.45, 7) is 1.92. The van der Waals surface area contributed by atoms with Gasteiger partial charge in [0.15, 0.2) is 5.69 Å². The van der Waals surface area contributed by atoms with Crippen LogP contribution in [0.25, 0.3) is 11.5 Å². The largest absolute Gasteiger partial charge is 0.321 e. The lowest BCUT2D eigenvalue weighted by Gasteiger charge is -2.09. The van der Waals surface area contributed by atoms with Crippen LogP contribution < -0.4 is 5.32 Å². The standard InChI is InChI=1S/C21H18N4O/c1-16-19(20(26)22-17-10-4-2-5-11-17)23-25(18-12-6-3-7-13-18)21(16)24-14-8-9-15-24/h2-15H,1H3,(H,22,26). The van der Waals surface area contributed by atoms with Crippen molar-refractivity contribution in [2.24, 2.45) is 0 Å². The Kier molecular flexibility index (Phi) is 4.11. The molecular formula is C21H18N4O. The monoisotopic (exact) mass is 342 g/mol. The predicted molar refractivity (Wildman–Crippen MR) is 102 cm³/mol. The highest BCUT2D eigenvalue weighted by molar-refractivity contribution is 6.04. The molecule has 1 N–H and O–H groups in total. The lowest BCUT2D eigenvalue weighted by atomic mass is 10.2. The van der Waals surface area contributed by atoms with Crippen LogP contribution in [-0.4, -0.2) is 20.3 Å². The molecule has 4 rings (SSSR count). The fourth-order valence-corrected chi connectivity index (χ4v) is 2.94. The van der Waals surface area contributed by atoms with Gasteiger partial charge in [0.2, 0.25) is 0 Å². The van der Waals surface area contributed by atoms with Crippen LogP contribution in [0.3, 0.4) is 0 Å². The minimum atomic E-state index is -0.225. The van der Waals surface area contributed by atoms with Crippen LogP contribution in [0.5, 0.6) is 0 Å². The van der Waals surface area contributed by atoms with Gasteiger partial charge in [-0.1, -0.05) is 36.4 Å². The first-order chi connectivity index (χ1) is 12.7. The number of carbonyl (C=O) groups is 1. The Morgan fingerprint density at radius 3 is 2.15 bits per heavy atom. The summed E-state index contributed by atoms with van der Waals surface area (Å²) in [5, 5.41) is 7.53. The molecule has 26 heavy (non-hydrogen) atoms. The van der Waals surface area contributed by atoms with E-state index < -0.39 is 0 Å². The first kappa shape index (κ1) is 15.9. The molecule has 0 saturated heterocycles. The molecular weight excluding hydrogens is 324 g/mol. The minimum Gasteiger partial charge on any atom is -0.321 e. The highest BCUT2D eigenvalue weighted by atomic mass is 16.2. The number of anilines is 1. The Balaban J connectivity index is 1.80. The molecule has 2 aromatic heterocycles. The Bertz CT molecular complexity index is 1020. The summed E-state index contributed by atoms with van der Waals surface area (Å²) in [6, 6.07) is 23.1. The third kappa shape index (κ3) is 2.91. The molecule has 5 heteroatoms. The van der Waals surface area contributed by atoms with Gasteiger partial charge in [-0.3, -0.25) is 4.79 Å². The van der Waals surface area contributed by atoms with Crippen molar-refractivity contribution >= 4 is 11.6 Å². The van der Waals surface area contributed by atoms with Gasteiger partial charge >= 0.3 is 0 Å². The van der Waals surface area contributed by atoms with E-state index in [1.165, 1.54) is 0 Å². The summed E-state index contributed by atoms with van der Waals surface area (Å²) in [5.74, 6) is 0.621. The summed E-state index contributed by atoms with van der Waals surface area (Å²) in [7, 11) is 0. The van der Waals surface area contributed by atoms with Crippen LogP contribution >= 0.6 is 0 Å². The second kappa shape index (κ2) is 6.72. The smallest absolute Gasteiger partial charge is 0.276 e. The second-order valence-corrected chi connectivity index (χ2v) is 5.96. The van der Waals surface area contributed by atoms with Crippen LogP contribution in [-0.2, 0) is 0 Å². The molecule has 0 atom stereocenters. The van der Waals surface area contributed by atoms with E-state index in [4.69, 9.17) is 0 Å². The fourth-order valence-electron chi connectivity index (χ4n) is 2.94. The quantitative estimate of drug-likeness (QED) is 0.603. The first-order valence-electron chi connectivity index (χ1n) is 8.39. The van der Waals surface area contributed by atoms with Gasteiger partial charge in [0.25, 0.3) is 5.91 Å². The maximum atomic E-state index is 12.8. The number of para-hydroxylation sites is 2. The Hall–Kier alpha value is -3.60. The number of hydrogen-bond donors (Lipinski definition) is 1. The molecule has 2 heterocycles. The number of rotatable bonds is 4. The van der Waals surface area contributed by atoms with Gasteiger partial charge in [0, 0.05) is 23.6 Å². The molecule has 0 aliphatic heterocycles. The average Bonchev–Trinajstić information content (AvgIpc) is 3.31. The lowest BCUT2D eigenvalue weighted by molar-refractivity contribution is 0.102. The molecule has 0 bridgehead atoms. The number of hydrogen-bond acceptors (Lipinski definition) is 2. The number of aromatic nitrogens is 3. The van der Waals surface area contributed by atoms with Crippen LogP contribution in [0.1, 0.15) is 16.1 Å². The number of nitrogens with one attached hydrogen (secondary N) is 1. The number of amides is 1. The van der Waals surface area contributed by atoms with Crippen LogP contribution in [0, 0.1) is 6.92 Å². The van der Waals surface area contributed by atoms with Gasteiger partial charge in [-0.2, -0.15) is 5.10 Å². The highest BCUT2D eigenvalue weighted by Crippen LogP contribution is 2.23. The zero-order chi connectivity index (χ0) is 17.9. The van der Waals surface area contributed by atoms with Crippen molar-refractivity contribution in [3.05, 3.63) is 96.4 Å². The van der Waals surface area contributed by atoms with E-state index in [1.807, 2.05) is 96.7 Å². The molecule has 5 nitrogen and oxygen atoms in total. The summed E-state index contributed by atoms with van der Waals surface area (Å²) < 4.78 is 3.77. The maximum Gasteiger partial charge on any atom is 0.276 e. The van der Waals surface area contributed by atoms with Gasteiger partial charge in [0.05, 0.1) is 5.69 Å². The molecule has 1 amide bonds. The highest BCUT2D eigenvalue weighted by Gasteiger charge is 2.21. The average molecular weight is 342 g/mol. The van der Waals surface area contributed by atoms with E-state index in [-0.39, 0.29) is 5.91 Å². The normalized spacial score (nSPS) is 10.7. The summed E-state index contributed by atoms with van der Waals surface area (Å²) in [6.07, 6.45) is 3.89. The van der Waals surface area contributed by atoms with Gasteiger partial charge in [-0.25, -0.2) is 4.68 Å². The minimum absolute atomic E-state index is 0.225. The molecule has 128 valence electrons. The van der Waals surface area contributed by atoms with E-state index in [0.717, 1.165) is 22.8 Å². The van der Waals surface area contributed by atoms with Crippen molar-refractivity contribution in [3.8, 4) is 11.5 Å². The number of nitrogens with zero attached hydrogens (tertiary/aromatic N) is 3. The van der Waals surface area contributed by atoms with Crippen molar-refractivity contribution in [2.75, 3.05) is 5.32 Å². The summed E-state index contributed by atoms with van der Waals surface area (Å²) in [4.78, 5) is 12.8. The first-order valence-corrected chi connectivity index (χ1v) is 8.39. The molecule has 4 aromatic rings. The SMILES string of the molecule is Cc1c(C(=O)Nc2ccccc2)nn(-c2ccccc2)c1-n1cccc1. The van der Waals surface area contributed by atoms with E-state index in [1.54, 1.807) is 4.68 Å². The fraction of sp³-hybridized carbons (Fsp3) is 0.0476. The molecule has 0 radical (unpaired) electrons. The molecule has 0 spiro atoms. The van der Waals surface area contributed by atoms with E-state index in [9.17, 15) is 4.79 Å². The van der Waals surface area contributed by atoms with Crippen molar-refractivity contribution < 1.29 is 4.79 Å². The number of benzene rings is 2. The zero-order valence-corrected chi connectivity index (χ0v) is 14.3. The summed E-state index contributed by atoms with van der Waals surface area (Å²) in [5.41, 5.74) is 2.87. The van der Waals surface area contributed by atoms with Gasteiger partial charge in [0.1, 0.15) is 5.82 Å². The third-order valence-corrected chi connectivity index (χ3v) is 4.19. The van der Waals surface area contributed by atoms with E-state index >= 15 is 0 Å². The Morgan fingerprint density at radius 2 is 1.50 bits per heavy atom. The maximum absolute atomic E-state index is 12.8. The van der Waals surface area contributed by atoms with Crippen molar-refractivity contribution in [2.45, 2.75) is 6.92 Å². The topological polar surface area (TPSA) is 51.9 Å². The number of carbonyl (C=O) groups excluding carboxylic acids is 1. The van der Waals surface area contributed by atoms with Crippen molar-refractivity contribution in [1.29, 1.82) is 0 Å². The van der Waals surface area contributed by atoms with E-state index in [2.05, 4.69) is 10.4 Å². The van der Waals surface area contributed by atoms with Crippen LogP contribution in [0.2, 0.25) is 0 Å². The molecule has 0 fully saturated rings. The third-order valence-electron chi connectivity index (χ3n) is 4.19. The Morgan fingerprint density at radius 1 is 0.885 bits per heavy atom. The molecule has 0 aliphatic rings. The lowest BCUT2D eigenvalue weighted by Crippen LogP contribution is -2.14. The van der Waals surface area contributed by atoms with Gasteiger partial charge < -0.3 is 9.88 Å². The molecule has 0 aliphatic carbocycles. The zero-order valence-electron chi connectivity index (χ0n) is 14.3. The molecule has 0 saturated carbocycles. The van der Waals surface area contributed by atoms with Crippen LogP contribution in [0.15, 0.2) is 85.2 Å². The van der Waals surface area contributed by atoms with Crippen molar-refractivity contribution in [1.82, 2.24) is 14.3 Å². The predicted octanol–water partition coefficient (Wildman–Crippen LogP) is 4.22. The van der Waals surface area contributed by atoms with E-state index in [0.29, 0.717) is 5.69 Å². The van der Waals surface area contributed by atoms with Crippen LogP contribution in [0.4, 0.5) is 5.69 Å². The van der Waals surface area contributed by atoms with Gasteiger partial charge in [-0.05, 0) is 43.3 Å². The second-order valence-electron chi connectivity index (χ2n) is 5.96. The van der Waals surface area contributed by atoms with Gasteiger partial charge in [-0.15, -0.1) is 0 Å². The summed E-state index contributed by atoms with van der Waals surface area (Å²) >= 11 is 0. The van der Waals surface area contributed by atoms with Crippen molar-refractivity contribution in [3.63, 3.8) is 0 Å².